The maximum absolute atomic E-state index is 12.4. The van der Waals surface area contributed by atoms with Gasteiger partial charge in [-0.15, -0.1) is 0 Å². The molecule has 1 aromatic carbocycles. The summed E-state index contributed by atoms with van der Waals surface area (Å²) in [4.78, 5) is 14.2. The molecule has 1 aromatic rings. The van der Waals surface area contributed by atoms with E-state index in [-0.39, 0.29) is 11.9 Å². The van der Waals surface area contributed by atoms with E-state index in [4.69, 9.17) is 11.6 Å². The molecule has 4 heteroatoms. The van der Waals surface area contributed by atoms with Crippen molar-refractivity contribution in [3.05, 3.63) is 34.9 Å². The standard InChI is InChI=1S/C17H25ClN2O/c1-13(15-8-3-4-9-16(15)18)20(2)17(21)11-10-14-7-5-6-12-19-14/h3-4,8-9,13-14,19H,5-7,10-12H2,1-2H3. The van der Waals surface area contributed by atoms with Crippen molar-refractivity contribution in [2.75, 3.05) is 13.6 Å². The van der Waals surface area contributed by atoms with Crippen molar-refractivity contribution in [1.82, 2.24) is 10.2 Å². The third-order valence-corrected chi connectivity index (χ3v) is 4.79. The number of rotatable bonds is 5. The molecular formula is C17H25ClN2O. The molecule has 1 aliphatic rings. The van der Waals surface area contributed by atoms with E-state index in [2.05, 4.69) is 5.32 Å². The Bertz CT molecular complexity index is 472. The summed E-state index contributed by atoms with van der Waals surface area (Å²) in [6, 6.07) is 8.24. The maximum atomic E-state index is 12.4. The van der Waals surface area contributed by atoms with Crippen molar-refractivity contribution in [2.45, 2.75) is 51.1 Å². The van der Waals surface area contributed by atoms with Gasteiger partial charge in [0.25, 0.3) is 0 Å². The smallest absolute Gasteiger partial charge is 0.222 e. The molecule has 2 unspecified atom stereocenters. The summed E-state index contributed by atoms with van der Waals surface area (Å²) in [7, 11) is 1.87. The molecule has 116 valence electrons. The first-order valence-electron chi connectivity index (χ1n) is 7.83. The van der Waals surface area contributed by atoms with Crippen LogP contribution in [0, 0.1) is 0 Å². The highest BCUT2D eigenvalue weighted by molar-refractivity contribution is 6.31. The normalized spacial score (nSPS) is 20.0. The lowest BCUT2D eigenvalue weighted by Crippen LogP contribution is -2.36. The van der Waals surface area contributed by atoms with Crippen molar-refractivity contribution in [3.8, 4) is 0 Å². The Morgan fingerprint density at radius 3 is 2.86 bits per heavy atom. The van der Waals surface area contributed by atoms with Gasteiger partial charge in [0.1, 0.15) is 0 Å². The Morgan fingerprint density at radius 2 is 2.19 bits per heavy atom. The third-order valence-electron chi connectivity index (χ3n) is 4.45. The monoisotopic (exact) mass is 308 g/mol. The van der Waals surface area contributed by atoms with Crippen molar-refractivity contribution in [3.63, 3.8) is 0 Å². The second-order valence-electron chi connectivity index (χ2n) is 5.89. The summed E-state index contributed by atoms with van der Waals surface area (Å²) >= 11 is 6.22. The lowest BCUT2D eigenvalue weighted by atomic mass is 10.00. The minimum absolute atomic E-state index is 0.00511. The number of carbonyl (C=O) groups excluding carboxylic acids is 1. The molecule has 1 amide bonds. The molecule has 0 aliphatic carbocycles. The Morgan fingerprint density at radius 1 is 1.43 bits per heavy atom. The van der Waals surface area contributed by atoms with Gasteiger partial charge in [-0.1, -0.05) is 36.2 Å². The van der Waals surface area contributed by atoms with E-state index in [0.717, 1.165) is 23.6 Å². The number of hydrogen-bond donors (Lipinski definition) is 1. The Balaban J connectivity index is 1.88. The van der Waals surface area contributed by atoms with Gasteiger partial charge in [0, 0.05) is 24.5 Å². The van der Waals surface area contributed by atoms with E-state index >= 15 is 0 Å². The zero-order valence-electron chi connectivity index (χ0n) is 12.9. The van der Waals surface area contributed by atoms with Gasteiger partial charge in [-0.25, -0.2) is 0 Å². The van der Waals surface area contributed by atoms with E-state index in [0.29, 0.717) is 12.5 Å². The van der Waals surface area contributed by atoms with E-state index in [1.807, 2.05) is 43.1 Å². The fourth-order valence-electron chi connectivity index (χ4n) is 2.88. The van der Waals surface area contributed by atoms with Crippen molar-refractivity contribution in [2.24, 2.45) is 0 Å². The van der Waals surface area contributed by atoms with Crippen LogP contribution in [0.2, 0.25) is 5.02 Å². The van der Waals surface area contributed by atoms with Crippen LogP contribution in [0.3, 0.4) is 0 Å². The van der Waals surface area contributed by atoms with Crippen LogP contribution >= 0.6 is 11.6 Å². The van der Waals surface area contributed by atoms with Gasteiger partial charge in [0.05, 0.1) is 6.04 Å². The molecule has 21 heavy (non-hydrogen) atoms. The third kappa shape index (κ3) is 4.45. The van der Waals surface area contributed by atoms with Crippen LogP contribution in [0.25, 0.3) is 0 Å². The second-order valence-corrected chi connectivity index (χ2v) is 6.29. The first-order chi connectivity index (χ1) is 10.1. The highest BCUT2D eigenvalue weighted by Crippen LogP contribution is 2.26. The molecular weight excluding hydrogens is 284 g/mol. The van der Waals surface area contributed by atoms with Crippen LogP contribution in [0.4, 0.5) is 0 Å². The van der Waals surface area contributed by atoms with Gasteiger partial charge in [-0.3, -0.25) is 4.79 Å². The first kappa shape index (κ1) is 16.3. The van der Waals surface area contributed by atoms with Gasteiger partial charge in [0.15, 0.2) is 0 Å². The molecule has 2 rings (SSSR count). The molecule has 1 heterocycles. The summed E-state index contributed by atoms with van der Waals surface area (Å²) in [6.07, 6.45) is 5.25. The van der Waals surface area contributed by atoms with E-state index < -0.39 is 0 Å². The van der Waals surface area contributed by atoms with Crippen LogP contribution in [0.1, 0.15) is 50.6 Å². The maximum Gasteiger partial charge on any atom is 0.222 e. The summed E-state index contributed by atoms with van der Waals surface area (Å²) in [6.45, 7) is 3.11. The Kier molecular flexibility index (Phi) is 6.07. The number of amides is 1. The molecule has 1 N–H and O–H groups in total. The van der Waals surface area contributed by atoms with E-state index in [1.165, 1.54) is 19.3 Å². The van der Waals surface area contributed by atoms with Crippen LogP contribution in [0.15, 0.2) is 24.3 Å². The largest absolute Gasteiger partial charge is 0.339 e. The number of piperidine rings is 1. The molecule has 0 aromatic heterocycles. The lowest BCUT2D eigenvalue weighted by Gasteiger charge is -2.28. The zero-order valence-corrected chi connectivity index (χ0v) is 13.7. The minimum Gasteiger partial charge on any atom is -0.339 e. The van der Waals surface area contributed by atoms with Gasteiger partial charge >= 0.3 is 0 Å². The predicted molar refractivity (Wildman–Crippen MR) is 87.5 cm³/mol. The molecule has 1 fully saturated rings. The fourth-order valence-corrected chi connectivity index (χ4v) is 3.18. The quantitative estimate of drug-likeness (QED) is 0.897. The average molecular weight is 309 g/mol. The average Bonchev–Trinajstić information content (AvgIpc) is 2.52. The van der Waals surface area contributed by atoms with Gasteiger partial charge in [0.2, 0.25) is 5.91 Å². The number of hydrogen-bond acceptors (Lipinski definition) is 2. The highest BCUT2D eigenvalue weighted by Gasteiger charge is 2.21. The molecule has 0 bridgehead atoms. The summed E-state index contributed by atoms with van der Waals surface area (Å²) in [5.41, 5.74) is 1.01. The Labute approximate surface area is 132 Å². The van der Waals surface area contributed by atoms with E-state index in [1.54, 1.807) is 0 Å². The van der Waals surface area contributed by atoms with Crippen molar-refractivity contribution < 1.29 is 4.79 Å². The van der Waals surface area contributed by atoms with E-state index in [9.17, 15) is 4.79 Å². The molecule has 0 spiro atoms. The van der Waals surface area contributed by atoms with Crippen LogP contribution in [-0.2, 0) is 4.79 Å². The topological polar surface area (TPSA) is 32.3 Å². The number of benzene rings is 1. The summed E-state index contributed by atoms with van der Waals surface area (Å²) in [5.74, 6) is 0.190. The molecule has 1 aliphatic heterocycles. The Hall–Kier alpha value is -1.06. The fraction of sp³-hybridized carbons (Fsp3) is 0.588. The van der Waals surface area contributed by atoms with Gasteiger partial charge in [-0.05, 0) is 44.4 Å². The van der Waals surface area contributed by atoms with Crippen LogP contribution in [-0.4, -0.2) is 30.4 Å². The van der Waals surface area contributed by atoms with Crippen molar-refractivity contribution in [1.29, 1.82) is 0 Å². The SMILES string of the molecule is CC(c1ccccc1Cl)N(C)C(=O)CCC1CCCCN1. The minimum atomic E-state index is 0.00511. The summed E-state index contributed by atoms with van der Waals surface area (Å²) in [5, 5.41) is 4.21. The highest BCUT2D eigenvalue weighted by atomic mass is 35.5. The zero-order chi connectivity index (χ0) is 15.2. The second kappa shape index (κ2) is 7.81. The number of carbonyl (C=O) groups is 1. The van der Waals surface area contributed by atoms with Crippen molar-refractivity contribution >= 4 is 17.5 Å². The van der Waals surface area contributed by atoms with Crippen LogP contribution in [0.5, 0.6) is 0 Å². The molecule has 3 nitrogen and oxygen atoms in total. The molecule has 0 radical (unpaired) electrons. The molecule has 2 atom stereocenters. The number of nitrogens with one attached hydrogen (secondary N) is 1. The van der Waals surface area contributed by atoms with Gasteiger partial charge < -0.3 is 10.2 Å². The van der Waals surface area contributed by atoms with Crippen LogP contribution < -0.4 is 5.32 Å². The van der Waals surface area contributed by atoms with Gasteiger partial charge in [-0.2, -0.15) is 0 Å². The predicted octanol–water partition coefficient (Wildman–Crippen LogP) is 3.78. The molecule has 0 saturated carbocycles. The first-order valence-corrected chi connectivity index (χ1v) is 8.21. The number of halogens is 1. The lowest BCUT2D eigenvalue weighted by molar-refractivity contribution is -0.132. The molecule has 1 saturated heterocycles. The summed E-state index contributed by atoms with van der Waals surface area (Å²) < 4.78 is 0. The number of nitrogens with zero attached hydrogens (tertiary/aromatic N) is 1.